The van der Waals surface area contributed by atoms with Crippen molar-refractivity contribution in [3.05, 3.63) is 35.9 Å². The predicted molar refractivity (Wildman–Crippen MR) is 79.2 cm³/mol. The lowest BCUT2D eigenvalue weighted by Crippen LogP contribution is -2.47. The average Bonchev–Trinajstić information content (AvgIpc) is 2.53. The number of carbonyl (C=O) groups is 1. The highest BCUT2D eigenvalue weighted by atomic mass is 16.5. The zero-order valence-corrected chi connectivity index (χ0v) is 12.4. The monoisotopic (exact) mass is 293 g/mol. The van der Waals surface area contributed by atoms with Gasteiger partial charge in [0.05, 0.1) is 12.7 Å². The van der Waals surface area contributed by atoms with Gasteiger partial charge in [-0.3, -0.25) is 9.69 Å². The molecule has 2 unspecified atom stereocenters. The number of ether oxygens (including phenoxy) is 2. The molecule has 1 saturated heterocycles. The third kappa shape index (κ3) is 4.89. The summed E-state index contributed by atoms with van der Waals surface area (Å²) in [6, 6.07) is 9.11. The molecule has 0 aromatic heterocycles. The molecule has 2 rings (SSSR count). The van der Waals surface area contributed by atoms with Crippen molar-refractivity contribution in [2.75, 3.05) is 33.4 Å². The van der Waals surface area contributed by atoms with Crippen molar-refractivity contribution in [3.8, 4) is 0 Å². The van der Waals surface area contributed by atoms with Gasteiger partial charge in [-0.15, -0.1) is 0 Å². The number of likely N-dealkylation sites (tertiary alicyclic amines) is 1. The van der Waals surface area contributed by atoms with E-state index in [0.29, 0.717) is 31.7 Å². The smallest absolute Gasteiger partial charge is 0.188 e. The number of piperidine rings is 1. The molecule has 116 valence electrons. The van der Waals surface area contributed by atoms with Gasteiger partial charge in [-0.2, -0.15) is 0 Å². The number of hydrogen-bond donors (Lipinski definition) is 1. The van der Waals surface area contributed by atoms with Crippen molar-refractivity contribution in [3.63, 3.8) is 0 Å². The number of aliphatic hydroxyl groups is 1. The zero-order valence-electron chi connectivity index (χ0n) is 12.4. The molecule has 5 nitrogen and oxygen atoms in total. The van der Waals surface area contributed by atoms with Crippen LogP contribution >= 0.6 is 0 Å². The van der Waals surface area contributed by atoms with E-state index in [1.165, 1.54) is 0 Å². The molecule has 21 heavy (non-hydrogen) atoms. The number of ketones is 1. The van der Waals surface area contributed by atoms with Gasteiger partial charge in [-0.1, -0.05) is 30.3 Å². The van der Waals surface area contributed by atoms with Crippen LogP contribution in [0, 0.1) is 0 Å². The lowest BCUT2D eigenvalue weighted by Gasteiger charge is -2.35. The SMILES string of the molecule is COC1CCC(O)N(CCOCC(=O)c2ccccc2)C1. The van der Waals surface area contributed by atoms with E-state index in [-0.39, 0.29) is 18.5 Å². The van der Waals surface area contributed by atoms with Crippen LogP contribution in [0.2, 0.25) is 0 Å². The molecule has 1 fully saturated rings. The van der Waals surface area contributed by atoms with Crippen LogP contribution in [-0.2, 0) is 9.47 Å². The van der Waals surface area contributed by atoms with Gasteiger partial charge in [0.25, 0.3) is 0 Å². The molecule has 0 spiro atoms. The lowest BCUT2D eigenvalue weighted by atomic mass is 10.1. The Balaban J connectivity index is 1.68. The minimum Gasteiger partial charge on any atom is -0.380 e. The molecule has 1 heterocycles. The van der Waals surface area contributed by atoms with Crippen LogP contribution in [0.25, 0.3) is 0 Å². The minimum atomic E-state index is -0.440. The maximum Gasteiger partial charge on any atom is 0.188 e. The first-order valence-corrected chi connectivity index (χ1v) is 7.31. The third-order valence-corrected chi connectivity index (χ3v) is 3.79. The molecule has 0 bridgehead atoms. The van der Waals surface area contributed by atoms with Crippen LogP contribution in [-0.4, -0.2) is 61.5 Å². The summed E-state index contributed by atoms with van der Waals surface area (Å²) in [6.45, 7) is 1.80. The number of Topliss-reactive ketones (excluding diaryl/α,β-unsaturated/α-hetero) is 1. The molecule has 0 radical (unpaired) electrons. The van der Waals surface area contributed by atoms with Crippen molar-refractivity contribution in [1.82, 2.24) is 4.90 Å². The highest BCUT2D eigenvalue weighted by Crippen LogP contribution is 2.16. The highest BCUT2D eigenvalue weighted by molar-refractivity contribution is 5.96. The summed E-state index contributed by atoms with van der Waals surface area (Å²) in [6.07, 6.45) is 1.31. The first kappa shape index (κ1) is 16.1. The van der Waals surface area contributed by atoms with Crippen molar-refractivity contribution in [2.24, 2.45) is 0 Å². The second kappa shape index (κ2) is 8.24. The predicted octanol–water partition coefficient (Wildman–Crippen LogP) is 1.32. The summed E-state index contributed by atoms with van der Waals surface area (Å²) in [4.78, 5) is 13.8. The highest BCUT2D eigenvalue weighted by Gasteiger charge is 2.26. The van der Waals surface area contributed by atoms with Gasteiger partial charge < -0.3 is 14.6 Å². The molecule has 1 aromatic rings. The Hall–Kier alpha value is -1.27. The van der Waals surface area contributed by atoms with E-state index in [1.54, 1.807) is 19.2 Å². The molecule has 0 aliphatic carbocycles. The molecule has 1 aliphatic rings. The first-order chi connectivity index (χ1) is 10.2. The lowest BCUT2D eigenvalue weighted by molar-refractivity contribution is -0.0829. The van der Waals surface area contributed by atoms with Crippen LogP contribution < -0.4 is 0 Å². The number of rotatable bonds is 7. The van der Waals surface area contributed by atoms with E-state index in [1.807, 2.05) is 23.1 Å². The molecule has 5 heteroatoms. The van der Waals surface area contributed by atoms with Gasteiger partial charge in [0.1, 0.15) is 12.8 Å². The van der Waals surface area contributed by atoms with Gasteiger partial charge in [-0.05, 0) is 12.8 Å². The van der Waals surface area contributed by atoms with E-state index >= 15 is 0 Å². The van der Waals surface area contributed by atoms with Crippen molar-refractivity contribution in [2.45, 2.75) is 25.2 Å². The number of carbonyl (C=O) groups excluding carboxylic acids is 1. The Morgan fingerprint density at radius 1 is 1.33 bits per heavy atom. The quantitative estimate of drug-likeness (QED) is 0.607. The molecule has 0 saturated carbocycles. The second-order valence-electron chi connectivity index (χ2n) is 5.25. The third-order valence-electron chi connectivity index (χ3n) is 3.79. The van der Waals surface area contributed by atoms with Crippen molar-refractivity contribution in [1.29, 1.82) is 0 Å². The number of aliphatic hydroxyl groups excluding tert-OH is 1. The molecule has 1 aromatic carbocycles. The maximum atomic E-state index is 11.9. The summed E-state index contributed by atoms with van der Waals surface area (Å²) < 4.78 is 10.8. The Kier molecular flexibility index (Phi) is 6.32. The number of benzene rings is 1. The number of hydrogen-bond acceptors (Lipinski definition) is 5. The van der Waals surface area contributed by atoms with Crippen LogP contribution in [0.5, 0.6) is 0 Å². The molecular weight excluding hydrogens is 270 g/mol. The Bertz CT molecular complexity index is 437. The maximum absolute atomic E-state index is 11.9. The first-order valence-electron chi connectivity index (χ1n) is 7.31. The van der Waals surface area contributed by atoms with Gasteiger partial charge in [-0.25, -0.2) is 0 Å². The fourth-order valence-electron chi connectivity index (χ4n) is 2.48. The van der Waals surface area contributed by atoms with Gasteiger partial charge >= 0.3 is 0 Å². The van der Waals surface area contributed by atoms with Crippen molar-refractivity contribution >= 4 is 5.78 Å². The Labute approximate surface area is 125 Å². The summed E-state index contributed by atoms with van der Waals surface area (Å²) in [7, 11) is 1.69. The largest absolute Gasteiger partial charge is 0.380 e. The normalized spacial score (nSPS) is 23.1. The minimum absolute atomic E-state index is 0.0236. The summed E-state index contributed by atoms with van der Waals surface area (Å²) in [5.41, 5.74) is 0.662. The van der Waals surface area contributed by atoms with E-state index in [9.17, 15) is 9.90 Å². The van der Waals surface area contributed by atoms with E-state index in [4.69, 9.17) is 9.47 Å². The molecule has 2 atom stereocenters. The Morgan fingerprint density at radius 3 is 2.81 bits per heavy atom. The Morgan fingerprint density at radius 2 is 2.10 bits per heavy atom. The van der Waals surface area contributed by atoms with E-state index in [0.717, 1.165) is 6.42 Å². The summed E-state index contributed by atoms with van der Waals surface area (Å²) in [5, 5.41) is 9.92. The van der Waals surface area contributed by atoms with E-state index < -0.39 is 6.23 Å². The second-order valence-corrected chi connectivity index (χ2v) is 5.25. The van der Waals surface area contributed by atoms with Crippen LogP contribution in [0.15, 0.2) is 30.3 Å². The topological polar surface area (TPSA) is 59.0 Å². The average molecular weight is 293 g/mol. The van der Waals surface area contributed by atoms with Gasteiger partial charge in [0, 0.05) is 25.8 Å². The van der Waals surface area contributed by atoms with Gasteiger partial charge in [0.15, 0.2) is 5.78 Å². The van der Waals surface area contributed by atoms with Crippen LogP contribution in [0.1, 0.15) is 23.2 Å². The van der Waals surface area contributed by atoms with Crippen molar-refractivity contribution < 1.29 is 19.4 Å². The molecule has 0 amide bonds. The van der Waals surface area contributed by atoms with Crippen LogP contribution in [0.3, 0.4) is 0 Å². The number of nitrogens with zero attached hydrogens (tertiary/aromatic N) is 1. The fraction of sp³-hybridized carbons (Fsp3) is 0.562. The van der Waals surface area contributed by atoms with Crippen LogP contribution in [0.4, 0.5) is 0 Å². The van der Waals surface area contributed by atoms with Gasteiger partial charge in [0.2, 0.25) is 0 Å². The summed E-state index contributed by atoms with van der Waals surface area (Å²) in [5.74, 6) is -0.0236. The zero-order chi connectivity index (χ0) is 15.1. The fourth-order valence-corrected chi connectivity index (χ4v) is 2.48. The molecular formula is C16H23NO4. The standard InChI is InChI=1S/C16H23NO4/c1-20-14-7-8-16(19)17(11-14)9-10-21-12-15(18)13-5-3-2-4-6-13/h2-6,14,16,19H,7-12H2,1H3. The number of methoxy groups -OCH3 is 1. The molecule has 1 aliphatic heterocycles. The molecule has 1 N–H and O–H groups in total. The summed E-state index contributed by atoms with van der Waals surface area (Å²) >= 11 is 0. The van der Waals surface area contributed by atoms with E-state index in [2.05, 4.69) is 0 Å².